The molecule has 6 heteroatoms. The lowest BCUT2D eigenvalue weighted by atomic mass is 10.2. The van der Waals surface area contributed by atoms with Gasteiger partial charge in [-0.2, -0.15) is 8.78 Å². The molecule has 0 aliphatic rings. The van der Waals surface area contributed by atoms with E-state index < -0.39 is 6.61 Å². The second kappa shape index (κ2) is 6.39. The smallest absolute Gasteiger partial charge is 0.387 e. The largest absolute Gasteiger partial charge is 0.435 e. The van der Waals surface area contributed by atoms with Crippen LogP contribution in [0.3, 0.4) is 0 Å². The van der Waals surface area contributed by atoms with E-state index in [1.54, 1.807) is 6.92 Å². The Hall–Kier alpha value is -1.36. The van der Waals surface area contributed by atoms with Crippen molar-refractivity contribution >= 4 is 17.5 Å². The van der Waals surface area contributed by atoms with E-state index in [0.717, 1.165) is 0 Å². The molecule has 94 valence electrons. The lowest BCUT2D eigenvalue weighted by Crippen LogP contribution is -2.33. The molecule has 3 nitrogen and oxygen atoms in total. The van der Waals surface area contributed by atoms with Crippen molar-refractivity contribution in [3.05, 3.63) is 29.8 Å². The summed E-state index contributed by atoms with van der Waals surface area (Å²) in [6.45, 7) is -1.11. The minimum Gasteiger partial charge on any atom is -0.435 e. The number of halogens is 3. The zero-order valence-electron chi connectivity index (χ0n) is 9.12. The summed E-state index contributed by atoms with van der Waals surface area (Å²) in [6, 6.07) is 5.29. The second-order valence-electron chi connectivity index (χ2n) is 3.43. The average Bonchev–Trinajstić information content (AvgIpc) is 2.28. The Kier molecular flexibility index (Phi) is 5.15. The van der Waals surface area contributed by atoms with Crippen LogP contribution in [0.25, 0.3) is 0 Å². The van der Waals surface area contributed by atoms with Gasteiger partial charge >= 0.3 is 6.61 Å². The van der Waals surface area contributed by atoms with Crippen LogP contribution in [0.1, 0.15) is 17.3 Å². The fourth-order valence-electron chi connectivity index (χ4n) is 1.13. The SMILES string of the molecule is CC(CCl)NC(=O)c1ccc(OC(F)F)cc1. The lowest BCUT2D eigenvalue weighted by molar-refractivity contribution is -0.0498. The molecule has 1 aromatic rings. The first kappa shape index (κ1) is 13.7. The van der Waals surface area contributed by atoms with Crippen molar-refractivity contribution in [2.24, 2.45) is 0 Å². The van der Waals surface area contributed by atoms with Crippen LogP contribution in [0.4, 0.5) is 8.78 Å². The summed E-state index contributed by atoms with van der Waals surface area (Å²) >= 11 is 5.55. The molecule has 0 aliphatic heterocycles. The zero-order valence-corrected chi connectivity index (χ0v) is 9.88. The third-order valence-electron chi connectivity index (χ3n) is 1.95. The van der Waals surface area contributed by atoms with E-state index >= 15 is 0 Å². The first-order valence-electron chi connectivity index (χ1n) is 4.94. The number of benzene rings is 1. The summed E-state index contributed by atoms with van der Waals surface area (Å²) in [6.07, 6.45) is 0. The van der Waals surface area contributed by atoms with Crippen molar-refractivity contribution in [1.29, 1.82) is 0 Å². The molecular weight excluding hydrogens is 252 g/mol. The monoisotopic (exact) mass is 263 g/mol. The maximum Gasteiger partial charge on any atom is 0.387 e. The fraction of sp³-hybridized carbons (Fsp3) is 0.364. The van der Waals surface area contributed by atoms with E-state index in [-0.39, 0.29) is 17.7 Å². The molecule has 0 saturated carbocycles. The van der Waals surface area contributed by atoms with Crippen LogP contribution < -0.4 is 10.1 Å². The standard InChI is InChI=1S/C11H12ClF2NO2/c1-7(6-12)15-10(16)8-2-4-9(5-3-8)17-11(13)14/h2-5,7,11H,6H2,1H3,(H,15,16). The average molecular weight is 264 g/mol. The molecule has 1 aromatic carbocycles. The van der Waals surface area contributed by atoms with Crippen LogP contribution in [0.15, 0.2) is 24.3 Å². The summed E-state index contributed by atoms with van der Waals surface area (Å²) < 4.78 is 27.9. The molecule has 1 atom stereocenters. The molecule has 0 fully saturated rings. The van der Waals surface area contributed by atoms with E-state index in [4.69, 9.17) is 11.6 Å². The van der Waals surface area contributed by atoms with E-state index in [2.05, 4.69) is 10.1 Å². The quantitative estimate of drug-likeness (QED) is 0.830. The molecular formula is C11H12ClF2NO2. The van der Waals surface area contributed by atoms with Gasteiger partial charge in [0.1, 0.15) is 5.75 Å². The van der Waals surface area contributed by atoms with Crippen molar-refractivity contribution in [2.45, 2.75) is 19.6 Å². The highest BCUT2D eigenvalue weighted by molar-refractivity contribution is 6.18. The highest BCUT2D eigenvalue weighted by atomic mass is 35.5. The summed E-state index contributed by atoms with van der Waals surface area (Å²) in [7, 11) is 0. The molecule has 0 spiro atoms. The molecule has 0 saturated heterocycles. The van der Waals surface area contributed by atoms with Crippen molar-refractivity contribution < 1.29 is 18.3 Å². The molecule has 1 unspecified atom stereocenters. The number of hydrogen-bond acceptors (Lipinski definition) is 2. The van der Waals surface area contributed by atoms with Gasteiger partial charge in [-0.1, -0.05) is 0 Å². The lowest BCUT2D eigenvalue weighted by Gasteiger charge is -2.10. The molecule has 0 radical (unpaired) electrons. The number of rotatable bonds is 5. The number of nitrogens with one attached hydrogen (secondary N) is 1. The van der Waals surface area contributed by atoms with Gasteiger partial charge in [-0.3, -0.25) is 4.79 Å². The Morgan fingerprint density at radius 1 is 1.41 bits per heavy atom. The van der Waals surface area contributed by atoms with Gasteiger partial charge in [-0.05, 0) is 31.2 Å². The Morgan fingerprint density at radius 2 is 2.00 bits per heavy atom. The first-order valence-corrected chi connectivity index (χ1v) is 5.48. The predicted octanol–water partition coefficient (Wildman–Crippen LogP) is 2.65. The van der Waals surface area contributed by atoms with E-state index in [0.29, 0.717) is 11.4 Å². The number of carbonyl (C=O) groups excluding carboxylic acids is 1. The Bertz CT molecular complexity index is 370. The Labute approximate surface area is 103 Å². The third-order valence-corrected chi connectivity index (χ3v) is 2.41. The maximum absolute atomic E-state index is 11.9. The molecule has 0 bridgehead atoms. The van der Waals surface area contributed by atoms with Gasteiger partial charge < -0.3 is 10.1 Å². The fourth-order valence-corrected chi connectivity index (χ4v) is 1.21. The van der Waals surface area contributed by atoms with Crippen molar-refractivity contribution in [2.75, 3.05) is 5.88 Å². The van der Waals surface area contributed by atoms with Gasteiger partial charge in [0, 0.05) is 17.5 Å². The number of hydrogen-bond donors (Lipinski definition) is 1. The molecule has 1 rings (SSSR count). The molecule has 17 heavy (non-hydrogen) atoms. The van der Waals surface area contributed by atoms with Crippen LogP contribution in [0.2, 0.25) is 0 Å². The maximum atomic E-state index is 11.9. The van der Waals surface area contributed by atoms with Gasteiger partial charge in [-0.15, -0.1) is 11.6 Å². The predicted molar refractivity (Wildman–Crippen MR) is 60.7 cm³/mol. The first-order chi connectivity index (χ1) is 8.02. The summed E-state index contributed by atoms with van der Waals surface area (Å²) in [5.74, 6) is 0.0156. The summed E-state index contributed by atoms with van der Waals surface area (Å²) in [5.41, 5.74) is 0.364. The zero-order chi connectivity index (χ0) is 12.8. The van der Waals surface area contributed by atoms with Gasteiger partial charge in [-0.25, -0.2) is 0 Å². The second-order valence-corrected chi connectivity index (χ2v) is 3.74. The third kappa shape index (κ3) is 4.56. The van der Waals surface area contributed by atoms with E-state index in [1.165, 1.54) is 24.3 Å². The molecule has 1 amide bonds. The molecule has 1 N–H and O–H groups in total. The summed E-state index contributed by atoms with van der Waals surface area (Å²) in [4.78, 5) is 11.6. The van der Waals surface area contributed by atoms with Gasteiger partial charge in [0.15, 0.2) is 0 Å². The number of carbonyl (C=O) groups is 1. The number of amides is 1. The van der Waals surface area contributed by atoms with Crippen molar-refractivity contribution in [3.63, 3.8) is 0 Å². The topological polar surface area (TPSA) is 38.3 Å². The molecule has 0 aromatic heterocycles. The van der Waals surface area contributed by atoms with E-state index in [9.17, 15) is 13.6 Å². The van der Waals surface area contributed by atoms with Gasteiger partial charge in [0.25, 0.3) is 5.91 Å². The number of alkyl halides is 3. The highest BCUT2D eigenvalue weighted by Crippen LogP contribution is 2.14. The van der Waals surface area contributed by atoms with E-state index in [1.807, 2.05) is 0 Å². The van der Waals surface area contributed by atoms with Crippen LogP contribution in [0.5, 0.6) is 5.75 Å². The minimum absolute atomic E-state index is 0.0157. The van der Waals surface area contributed by atoms with Crippen LogP contribution >= 0.6 is 11.6 Å². The van der Waals surface area contributed by atoms with Crippen molar-refractivity contribution in [3.8, 4) is 5.75 Å². The van der Waals surface area contributed by atoms with Gasteiger partial charge in [0.2, 0.25) is 0 Å². The number of ether oxygens (including phenoxy) is 1. The van der Waals surface area contributed by atoms with Crippen LogP contribution in [-0.2, 0) is 0 Å². The van der Waals surface area contributed by atoms with Crippen LogP contribution in [-0.4, -0.2) is 24.4 Å². The highest BCUT2D eigenvalue weighted by Gasteiger charge is 2.10. The van der Waals surface area contributed by atoms with Crippen LogP contribution in [0, 0.1) is 0 Å². The van der Waals surface area contributed by atoms with Gasteiger partial charge in [0.05, 0.1) is 0 Å². The normalized spacial score (nSPS) is 12.3. The minimum atomic E-state index is -2.87. The Balaban J connectivity index is 2.64. The molecule has 0 heterocycles. The van der Waals surface area contributed by atoms with Crippen molar-refractivity contribution in [1.82, 2.24) is 5.32 Å². The summed E-state index contributed by atoms with van der Waals surface area (Å²) in [5, 5.41) is 2.65. The Morgan fingerprint density at radius 3 is 2.47 bits per heavy atom. The molecule has 0 aliphatic carbocycles.